The Labute approximate surface area is 230 Å². The molecule has 40 heavy (non-hydrogen) atoms. The van der Waals surface area contributed by atoms with Gasteiger partial charge in [-0.1, -0.05) is 30.3 Å². The number of methoxy groups -OCH3 is 1. The maximum atomic E-state index is 13.8. The molecule has 0 saturated carbocycles. The Kier molecular flexibility index (Phi) is 7.63. The van der Waals surface area contributed by atoms with E-state index >= 15 is 0 Å². The van der Waals surface area contributed by atoms with Gasteiger partial charge in [0, 0.05) is 48.3 Å². The predicted octanol–water partition coefficient (Wildman–Crippen LogP) is 4.94. The lowest BCUT2D eigenvalue weighted by molar-refractivity contribution is -0.148. The average Bonchev–Trinajstić information content (AvgIpc) is 3.32. The van der Waals surface area contributed by atoms with Gasteiger partial charge in [0.25, 0.3) is 0 Å². The fourth-order valence-corrected chi connectivity index (χ4v) is 6.08. The number of allylic oxidation sites excluding steroid dienone is 3. The summed E-state index contributed by atoms with van der Waals surface area (Å²) in [5.41, 5.74) is 3.29. The zero-order chi connectivity index (χ0) is 28.6. The Hall–Kier alpha value is -3.79. The molecule has 2 aromatic rings. The van der Waals surface area contributed by atoms with Gasteiger partial charge in [-0.2, -0.15) is 13.2 Å². The van der Waals surface area contributed by atoms with Crippen LogP contribution in [0.3, 0.4) is 0 Å². The molecular weight excluding hydrogens is 525 g/mol. The maximum Gasteiger partial charge on any atom is 0.401 e. The summed E-state index contributed by atoms with van der Waals surface area (Å²) in [6, 6.07) is 14.0. The zero-order valence-electron chi connectivity index (χ0n) is 22.3. The fourth-order valence-electron chi connectivity index (χ4n) is 6.08. The number of esters is 1. The summed E-state index contributed by atoms with van der Waals surface area (Å²) in [5.74, 6) is -1.10. The first kappa shape index (κ1) is 27.8. The monoisotopic (exact) mass is 556 g/mol. The largest absolute Gasteiger partial charge is 0.508 e. The molecule has 2 aromatic carbocycles. The van der Waals surface area contributed by atoms with Crippen molar-refractivity contribution < 1.29 is 37.3 Å². The third kappa shape index (κ3) is 5.72. The molecule has 0 bridgehead atoms. The van der Waals surface area contributed by atoms with Crippen molar-refractivity contribution in [3.8, 4) is 11.5 Å². The number of rotatable bonds is 6. The Morgan fingerprint density at radius 2 is 1.93 bits per heavy atom. The number of ketones is 1. The molecule has 7 nitrogen and oxygen atoms in total. The molecule has 1 saturated heterocycles. The molecular formula is C30H31F3N2O5. The predicted molar refractivity (Wildman–Crippen MR) is 141 cm³/mol. The van der Waals surface area contributed by atoms with Gasteiger partial charge < -0.3 is 19.9 Å². The van der Waals surface area contributed by atoms with Gasteiger partial charge in [-0.25, -0.2) is 4.79 Å². The second kappa shape index (κ2) is 11.0. The number of ether oxygens (including phenoxy) is 2. The summed E-state index contributed by atoms with van der Waals surface area (Å²) in [7, 11) is 1.59. The summed E-state index contributed by atoms with van der Waals surface area (Å²) in [4.78, 5) is 28.6. The smallest absolute Gasteiger partial charge is 0.401 e. The average molecular weight is 557 g/mol. The van der Waals surface area contributed by atoms with Crippen LogP contribution in [0, 0.1) is 0 Å². The molecule has 0 aromatic heterocycles. The molecule has 10 heteroatoms. The number of phenols is 1. The highest BCUT2D eigenvalue weighted by atomic mass is 19.4. The number of halogens is 3. The number of nitrogens with one attached hydrogen (secondary N) is 1. The van der Waals surface area contributed by atoms with Crippen molar-refractivity contribution in [3.05, 3.63) is 82.2 Å². The topological polar surface area (TPSA) is 88.1 Å². The molecule has 0 radical (unpaired) electrons. The Balaban J connectivity index is 1.46. The normalized spacial score (nSPS) is 23.6. The maximum absolute atomic E-state index is 13.8. The van der Waals surface area contributed by atoms with E-state index in [-0.39, 0.29) is 49.0 Å². The minimum atomic E-state index is -4.34. The van der Waals surface area contributed by atoms with Crippen molar-refractivity contribution in [1.29, 1.82) is 0 Å². The van der Waals surface area contributed by atoms with Crippen LogP contribution in [0.15, 0.2) is 71.1 Å². The van der Waals surface area contributed by atoms with E-state index in [9.17, 15) is 27.9 Å². The van der Waals surface area contributed by atoms with E-state index in [1.54, 1.807) is 26.2 Å². The fraction of sp³-hybridized carbons (Fsp3) is 0.400. The Morgan fingerprint density at radius 3 is 2.65 bits per heavy atom. The van der Waals surface area contributed by atoms with Gasteiger partial charge in [0.15, 0.2) is 5.78 Å². The first-order valence-electron chi connectivity index (χ1n) is 13.2. The standard InChI is InChI=1S/C30H31F3N2O5/c1-17-26(29(38)40-21-10-11-35(15-21)16-30(31,32)33)27(18-6-5-7-20(36)12-18)28-23(34-17)13-19(14-24(28)37)22-8-3-4-9-25(22)39-2/h3-9,12,19,21,27,34,36H,10-11,13-16H2,1-2H3/t19-,21-,27-/m1/s1. The number of phenolic OH excluding ortho intramolecular Hbond substituents is 1. The van der Waals surface area contributed by atoms with Crippen molar-refractivity contribution in [2.24, 2.45) is 0 Å². The minimum Gasteiger partial charge on any atom is -0.508 e. The lowest BCUT2D eigenvalue weighted by Crippen LogP contribution is -2.37. The van der Waals surface area contributed by atoms with Crippen LogP contribution in [0.25, 0.3) is 0 Å². The number of para-hydroxylation sites is 1. The highest BCUT2D eigenvalue weighted by Gasteiger charge is 2.43. The van der Waals surface area contributed by atoms with Gasteiger partial charge in [0.2, 0.25) is 0 Å². The first-order valence-corrected chi connectivity index (χ1v) is 13.2. The molecule has 2 N–H and O–H groups in total. The van der Waals surface area contributed by atoms with E-state index in [0.29, 0.717) is 34.7 Å². The van der Waals surface area contributed by atoms with Gasteiger partial charge >= 0.3 is 12.1 Å². The van der Waals surface area contributed by atoms with Gasteiger partial charge in [-0.15, -0.1) is 0 Å². The van der Waals surface area contributed by atoms with Crippen LogP contribution >= 0.6 is 0 Å². The van der Waals surface area contributed by atoms with Crippen LogP contribution in [0.4, 0.5) is 13.2 Å². The molecule has 212 valence electrons. The van der Waals surface area contributed by atoms with Crippen LogP contribution < -0.4 is 10.1 Å². The third-order valence-electron chi connectivity index (χ3n) is 7.74. The van der Waals surface area contributed by atoms with E-state index in [1.807, 2.05) is 24.3 Å². The summed E-state index contributed by atoms with van der Waals surface area (Å²) < 4.78 is 49.8. The quantitative estimate of drug-likeness (QED) is 0.488. The van der Waals surface area contributed by atoms with E-state index in [4.69, 9.17) is 9.47 Å². The molecule has 0 unspecified atom stereocenters. The lowest BCUT2D eigenvalue weighted by Gasteiger charge is -2.37. The number of carbonyl (C=O) groups excluding carboxylic acids is 2. The highest BCUT2D eigenvalue weighted by molar-refractivity contribution is 6.04. The minimum absolute atomic E-state index is 0.0164. The molecule has 3 aliphatic rings. The number of hydrogen-bond donors (Lipinski definition) is 2. The Bertz CT molecular complexity index is 1380. The number of carbonyl (C=O) groups is 2. The summed E-state index contributed by atoms with van der Waals surface area (Å²) >= 11 is 0. The number of hydrogen-bond acceptors (Lipinski definition) is 7. The molecule has 1 fully saturated rings. The molecule has 2 heterocycles. The van der Waals surface area contributed by atoms with Crippen molar-refractivity contribution >= 4 is 11.8 Å². The lowest BCUT2D eigenvalue weighted by atomic mass is 9.71. The first-order chi connectivity index (χ1) is 19.0. The SMILES string of the molecule is COc1ccccc1[C@H]1CC(=O)C2=C(C1)NC(C)=C(C(=O)O[C@@H]1CCN(CC(F)(F)F)C1)[C@H]2c1cccc(O)c1. The summed E-state index contributed by atoms with van der Waals surface area (Å²) in [6.45, 7) is 0.809. The highest BCUT2D eigenvalue weighted by Crippen LogP contribution is 2.47. The van der Waals surface area contributed by atoms with Gasteiger partial charge in [0.1, 0.15) is 17.6 Å². The van der Waals surface area contributed by atoms with E-state index < -0.39 is 30.7 Å². The van der Waals surface area contributed by atoms with Crippen molar-refractivity contribution in [2.75, 3.05) is 26.7 Å². The van der Waals surface area contributed by atoms with Crippen molar-refractivity contribution in [3.63, 3.8) is 0 Å². The van der Waals surface area contributed by atoms with Crippen LogP contribution in [-0.4, -0.2) is 60.8 Å². The summed E-state index contributed by atoms with van der Waals surface area (Å²) in [5, 5.41) is 13.5. The number of alkyl halides is 3. The number of likely N-dealkylation sites (tertiary alicyclic amines) is 1. The Morgan fingerprint density at radius 1 is 1.15 bits per heavy atom. The van der Waals surface area contributed by atoms with Crippen LogP contribution in [0.5, 0.6) is 11.5 Å². The molecule has 2 aliphatic heterocycles. The van der Waals surface area contributed by atoms with Crippen molar-refractivity contribution in [2.45, 2.75) is 50.3 Å². The number of benzene rings is 2. The second-order valence-electron chi connectivity index (χ2n) is 10.5. The van der Waals surface area contributed by atoms with Gasteiger partial charge in [-0.05, 0) is 49.1 Å². The van der Waals surface area contributed by atoms with Crippen molar-refractivity contribution in [1.82, 2.24) is 10.2 Å². The number of aromatic hydroxyl groups is 1. The van der Waals surface area contributed by atoms with E-state index in [0.717, 1.165) is 5.56 Å². The summed E-state index contributed by atoms with van der Waals surface area (Å²) in [6.07, 6.45) is -4.05. The van der Waals surface area contributed by atoms with Gasteiger partial charge in [0.05, 0.1) is 19.2 Å². The van der Waals surface area contributed by atoms with E-state index in [2.05, 4.69) is 5.32 Å². The molecule has 0 amide bonds. The zero-order valence-corrected chi connectivity index (χ0v) is 22.3. The number of Topliss-reactive ketones (excluding diaryl/α,β-unsaturated/α-hetero) is 1. The molecule has 0 spiro atoms. The molecule has 5 rings (SSSR count). The van der Waals surface area contributed by atoms with E-state index in [1.165, 1.54) is 17.0 Å². The molecule has 3 atom stereocenters. The number of nitrogens with zero attached hydrogens (tertiary/aromatic N) is 1. The molecule has 1 aliphatic carbocycles. The van der Waals surface area contributed by atoms with Crippen LogP contribution in [-0.2, 0) is 14.3 Å². The van der Waals surface area contributed by atoms with Crippen LogP contribution in [0.1, 0.15) is 49.1 Å². The van der Waals surface area contributed by atoms with Gasteiger partial charge in [-0.3, -0.25) is 9.69 Å². The third-order valence-corrected chi connectivity index (χ3v) is 7.74. The number of dihydropyridines is 1. The second-order valence-corrected chi connectivity index (χ2v) is 10.5. The van der Waals surface area contributed by atoms with Crippen LogP contribution in [0.2, 0.25) is 0 Å².